The molecule has 1 aromatic carbocycles. The van der Waals surface area contributed by atoms with Gasteiger partial charge in [0.05, 0.1) is 12.6 Å². The lowest BCUT2D eigenvalue weighted by Gasteiger charge is -1.98. The summed E-state index contributed by atoms with van der Waals surface area (Å²) in [5.41, 5.74) is 7.55. The van der Waals surface area contributed by atoms with Crippen LogP contribution in [-0.4, -0.2) is 23.3 Å². The third-order valence-corrected chi connectivity index (χ3v) is 2.28. The maximum atomic E-state index is 11.4. The van der Waals surface area contributed by atoms with Crippen LogP contribution in [0.4, 0.5) is 0 Å². The van der Waals surface area contributed by atoms with Crippen molar-refractivity contribution in [3.63, 3.8) is 0 Å². The first-order chi connectivity index (χ1) is 7.27. The molecule has 0 amide bonds. The predicted octanol–water partition coefficient (Wildman–Crippen LogP) is 0.808. The minimum atomic E-state index is -0.424. The summed E-state index contributed by atoms with van der Waals surface area (Å²) in [5.74, 6) is -0.424. The second-order valence-electron chi connectivity index (χ2n) is 3.11. The number of methoxy groups -OCH3 is 1. The van der Waals surface area contributed by atoms with E-state index in [0.29, 0.717) is 12.2 Å². The lowest BCUT2D eigenvalue weighted by Crippen LogP contribution is -2.02. The van der Waals surface area contributed by atoms with Crippen LogP contribution in [0.1, 0.15) is 16.1 Å². The van der Waals surface area contributed by atoms with Crippen molar-refractivity contribution in [3.8, 4) is 0 Å². The fourth-order valence-corrected chi connectivity index (χ4v) is 1.52. The van der Waals surface area contributed by atoms with E-state index in [4.69, 9.17) is 5.73 Å². The zero-order valence-electron chi connectivity index (χ0n) is 8.28. The summed E-state index contributed by atoms with van der Waals surface area (Å²) in [7, 11) is 1.34. The minimum absolute atomic E-state index is 0.364. The minimum Gasteiger partial charge on any atom is -0.464 e. The Bertz CT molecular complexity index is 504. The fourth-order valence-electron chi connectivity index (χ4n) is 1.52. The number of ether oxygens (including phenoxy) is 1. The molecule has 0 aliphatic heterocycles. The molecular weight excluding hydrogens is 194 g/mol. The van der Waals surface area contributed by atoms with Crippen molar-refractivity contribution in [2.24, 2.45) is 5.73 Å². The number of hydrogen-bond acceptors (Lipinski definition) is 4. The summed E-state index contributed by atoms with van der Waals surface area (Å²) in [5, 5.41) is 7.45. The number of aromatic amines is 1. The average Bonchev–Trinajstić information content (AvgIpc) is 2.71. The highest BCUT2D eigenvalue weighted by molar-refractivity contribution is 6.02. The molecule has 0 atom stereocenters. The smallest absolute Gasteiger partial charge is 0.356 e. The molecule has 1 heterocycles. The van der Waals surface area contributed by atoms with Crippen LogP contribution in [0.25, 0.3) is 10.9 Å². The standard InChI is InChI=1S/C10H11N3O2/c1-15-10(14)9-7-4-2-3-6(5-11)8(7)12-13-9/h2-4H,5,11H2,1H3,(H,12,13). The second-order valence-corrected chi connectivity index (χ2v) is 3.11. The highest BCUT2D eigenvalue weighted by Gasteiger charge is 2.14. The van der Waals surface area contributed by atoms with E-state index >= 15 is 0 Å². The van der Waals surface area contributed by atoms with Gasteiger partial charge in [0.25, 0.3) is 0 Å². The molecule has 0 saturated carbocycles. The average molecular weight is 205 g/mol. The van der Waals surface area contributed by atoms with E-state index in [1.165, 1.54) is 7.11 Å². The Morgan fingerprint density at radius 1 is 1.60 bits per heavy atom. The van der Waals surface area contributed by atoms with Gasteiger partial charge in [0.2, 0.25) is 0 Å². The maximum absolute atomic E-state index is 11.4. The van der Waals surface area contributed by atoms with Gasteiger partial charge in [0, 0.05) is 11.9 Å². The van der Waals surface area contributed by atoms with E-state index in [1.807, 2.05) is 18.2 Å². The van der Waals surface area contributed by atoms with E-state index in [0.717, 1.165) is 16.5 Å². The molecule has 78 valence electrons. The number of nitrogens with one attached hydrogen (secondary N) is 1. The first kappa shape index (κ1) is 9.67. The third kappa shape index (κ3) is 1.46. The van der Waals surface area contributed by atoms with Crippen LogP contribution in [0.15, 0.2) is 18.2 Å². The summed E-state index contributed by atoms with van der Waals surface area (Å²) in [6, 6.07) is 5.53. The van der Waals surface area contributed by atoms with Gasteiger partial charge < -0.3 is 10.5 Å². The zero-order chi connectivity index (χ0) is 10.8. The number of nitrogens with zero attached hydrogens (tertiary/aromatic N) is 1. The molecule has 5 nitrogen and oxygen atoms in total. The van der Waals surface area contributed by atoms with Gasteiger partial charge in [-0.1, -0.05) is 18.2 Å². The largest absolute Gasteiger partial charge is 0.464 e. The van der Waals surface area contributed by atoms with Crippen LogP contribution < -0.4 is 5.73 Å². The molecule has 15 heavy (non-hydrogen) atoms. The number of fused-ring (bicyclic) bond motifs is 1. The molecule has 0 saturated heterocycles. The third-order valence-electron chi connectivity index (χ3n) is 2.28. The van der Waals surface area contributed by atoms with Crippen LogP contribution >= 0.6 is 0 Å². The predicted molar refractivity (Wildman–Crippen MR) is 55.3 cm³/mol. The molecule has 0 bridgehead atoms. The van der Waals surface area contributed by atoms with E-state index in [9.17, 15) is 4.79 Å². The lowest BCUT2D eigenvalue weighted by molar-refractivity contribution is 0.0596. The molecule has 0 aliphatic carbocycles. The Morgan fingerprint density at radius 2 is 2.40 bits per heavy atom. The van der Waals surface area contributed by atoms with Crippen LogP contribution in [0.3, 0.4) is 0 Å². The molecule has 0 fully saturated rings. The quantitative estimate of drug-likeness (QED) is 0.711. The van der Waals surface area contributed by atoms with E-state index in [2.05, 4.69) is 14.9 Å². The van der Waals surface area contributed by atoms with E-state index < -0.39 is 5.97 Å². The van der Waals surface area contributed by atoms with Gasteiger partial charge in [-0.05, 0) is 5.56 Å². The number of para-hydroxylation sites is 1. The van der Waals surface area contributed by atoms with Crippen LogP contribution in [0.2, 0.25) is 0 Å². The van der Waals surface area contributed by atoms with Gasteiger partial charge in [0.15, 0.2) is 5.69 Å². The van der Waals surface area contributed by atoms with Crippen molar-refractivity contribution in [1.29, 1.82) is 0 Å². The molecule has 0 aliphatic rings. The Balaban J connectivity index is 2.66. The van der Waals surface area contributed by atoms with E-state index in [-0.39, 0.29) is 0 Å². The Hall–Kier alpha value is -1.88. The number of carbonyl (C=O) groups excluding carboxylic acids is 1. The molecular formula is C10H11N3O2. The van der Waals surface area contributed by atoms with Crippen molar-refractivity contribution >= 4 is 16.9 Å². The van der Waals surface area contributed by atoms with Crippen LogP contribution in [0.5, 0.6) is 0 Å². The first-order valence-corrected chi connectivity index (χ1v) is 4.52. The van der Waals surface area contributed by atoms with Crippen molar-refractivity contribution in [3.05, 3.63) is 29.5 Å². The lowest BCUT2D eigenvalue weighted by atomic mass is 10.1. The Kier molecular flexibility index (Phi) is 2.39. The molecule has 2 aromatic rings. The fraction of sp³-hybridized carbons (Fsp3) is 0.200. The number of benzene rings is 1. The SMILES string of the molecule is COC(=O)c1[nH]nc2c(CN)cccc12. The summed E-state index contributed by atoms with van der Waals surface area (Å²) in [6.45, 7) is 0.392. The first-order valence-electron chi connectivity index (χ1n) is 4.52. The van der Waals surface area contributed by atoms with Gasteiger partial charge in [-0.3, -0.25) is 5.10 Å². The normalized spacial score (nSPS) is 10.5. The number of nitrogens with two attached hydrogens (primary N) is 1. The molecule has 2 rings (SSSR count). The van der Waals surface area contributed by atoms with Crippen LogP contribution in [-0.2, 0) is 11.3 Å². The zero-order valence-corrected chi connectivity index (χ0v) is 8.28. The molecule has 3 N–H and O–H groups in total. The second kappa shape index (κ2) is 3.70. The van der Waals surface area contributed by atoms with Gasteiger partial charge >= 0.3 is 5.97 Å². The van der Waals surface area contributed by atoms with Gasteiger partial charge in [-0.25, -0.2) is 4.79 Å². The molecule has 1 aromatic heterocycles. The van der Waals surface area contributed by atoms with Crippen LogP contribution in [0, 0.1) is 0 Å². The highest BCUT2D eigenvalue weighted by atomic mass is 16.5. The van der Waals surface area contributed by atoms with Crippen molar-refractivity contribution in [1.82, 2.24) is 10.2 Å². The number of aromatic nitrogens is 2. The monoisotopic (exact) mass is 205 g/mol. The topological polar surface area (TPSA) is 81.0 Å². The number of H-pyrrole nitrogens is 1. The van der Waals surface area contributed by atoms with Crippen molar-refractivity contribution < 1.29 is 9.53 Å². The number of esters is 1. The number of carbonyl (C=O) groups is 1. The molecule has 0 radical (unpaired) electrons. The highest BCUT2D eigenvalue weighted by Crippen LogP contribution is 2.19. The maximum Gasteiger partial charge on any atom is 0.356 e. The number of hydrogen-bond donors (Lipinski definition) is 2. The summed E-state index contributed by atoms with van der Waals surface area (Å²) in [6.07, 6.45) is 0. The summed E-state index contributed by atoms with van der Waals surface area (Å²) in [4.78, 5) is 11.4. The van der Waals surface area contributed by atoms with Gasteiger partial charge in [-0.2, -0.15) is 5.10 Å². The van der Waals surface area contributed by atoms with Crippen molar-refractivity contribution in [2.45, 2.75) is 6.54 Å². The molecule has 0 spiro atoms. The Labute approximate surface area is 86.2 Å². The Morgan fingerprint density at radius 3 is 3.07 bits per heavy atom. The number of rotatable bonds is 2. The van der Waals surface area contributed by atoms with Gasteiger partial charge in [0.1, 0.15) is 0 Å². The molecule has 0 unspecified atom stereocenters. The van der Waals surface area contributed by atoms with Crippen molar-refractivity contribution in [2.75, 3.05) is 7.11 Å². The summed E-state index contributed by atoms with van der Waals surface area (Å²) < 4.78 is 4.63. The molecule has 5 heteroatoms. The van der Waals surface area contributed by atoms with E-state index in [1.54, 1.807) is 0 Å². The summed E-state index contributed by atoms with van der Waals surface area (Å²) >= 11 is 0. The van der Waals surface area contributed by atoms with Gasteiger partial charge in [-0.15, -0.1) is 0 Å².